The van der Waals surface area contributed by atoms with Crippen LogP contribution in [0.15, 0.2) is 18.2 Å². The highest BCUT2D eigenvalue weighted by molar-refractivity contribution is 5.39. The van der Waals surface area contributed by atoms with Gasteiger partial charge in [-0.05, 0) is 42.9 Å². The lowest BCUT2D eigenvalue weighted by Crippen LogP contribution is -2.40. The van der Waals surface area contributed by atoms with E-state index in [-0.39, 0.29) is 11.7 Å². The molecule has 0 aliphatic heterocycles. The molecule has 2 nitrogen and oxygen atoms in total. The third-order valence-corrected chi connectivity index (χ3v) is 4.45. The first-order chi connectivity index (χ1) is 8.49. The van der Waals surface area contributed by atoms with E-state index < -0.39 is 5.60 Å². The largest absolute Gasteiger partial charge is 0.496 e. The number of methoxy groups -OCH3 is 1. The molecule has 2 rings (SSSR count). The van der Waals surface area contributed by atoms with Crippen LogP contribution in [0, 0.1) is 17.7 Å². The first-order valence-corrected chi connectivity index (χ1v) is 6.55. The van der Waals surface area contributed by atoms with Crippen molar-refractivity contribution in [3.05, 3.63) is 29.6 Å². The summed E-state index contributed by atoms with van der Waals surface area (Å²) in [7, 11) is 1.55. The van der Waals surface area contributed by atoms with Crippen molar-refractivity contribution >= 4 is 0 Å². The molecule has 0 amide bonds. The number of aliphatic hydroxyl groups is 1. The van der Waals surface area contributed by atoms with Crippen LogP contribution in [-0.2, 0) is 5.60 Å². The summed E-state index contributed by atoms with van der Waals surface area (Å²) in [5.41, 5.74) is -0.394. The molecule has 0 aromatic heterocycles. The number of hydrogen-bond acceptors (Lipinski definition) is 2. The van der Waals surface area contributed by atoms with E-state index in [2.05, 4.69) is 6.92 Å². The van der Waals surface area contributed by atoms with Gasteiger partial charge in [0.15, 0.2) is 0 Å². The molecule has 1 aliphatic rings. The van der Waals surface area contributed by atoms with Gasteiger partial charge in [-0.25, -0.2) is 4.39 Å². The highest BCUT2D eigenvalue weighted by atomic mass is 19.1. The maximum Gasteiger partial charge on any atom is 0.125 e. The summed E-state index contributed by atoms with van der Waals surface area (Å²) in [6, 6.07) is 4.37. The highest BCUT2D eigenvalue weighted by Crippen LogP contribution is 2.47. The summed E-state index contributed by atoms with van der Waals surface area (Å²) in [4.78, 5) is 0. The number of ether oxygens (including phenoxy) is 1. The van der Waals surface area contributed by atoms with Gasteiger partial charge < -0.3 is 9.84 Å². The lowest BCUT2D eigenvalue weighted by atomic mass is 9.67. The SMILES string of the molecule is COc1ccc(F)cc1C1(O)CCCC(C)C1C. The monoisotopic (exact) mass is 252 g/mol. The Balaban J connectivity index is 2.48. The van der Waals surface area contributed by atoms with Crippen molar-refractivity contribution in [1.82, 2.24) is 0 Å². The van der Waals surface area contributed by atoms with E-state index in [1.807, 2.05) is 6.92 Å². The average Bonchev–Trinajstić information content (AvgIpc) is 2.36. The fourth-order valence-electron chi connectivity index (χ4n) is 3.04. The number of rotatable bonds is 2. The van der Waals surface area contributed by atoms with Crippen molar-refractivity contribution in [2.75, 3.05) is 7.11 Å². The number of hydrogen-bond donors (Lipinski definition) is 1. The Morgan fingerprint density at radius 2 is 2.11 bits per heavy atom. The smallest absolute Gasteiger partial charge is 0.125 e. The van der Waals surface area contributed by atoms with E-state index in [9.17, 15) is 9.50 Å². The Kier molecular flexibility index (Phi) is 3.62. The molecule has 0 radical (unpaired) electrons. The van der Waals surface area contributed by atoms with E-state index in [1.165, 1.54) is 12.1 Å². The molecule has 0 saturated heterocycles. The zero-order chi connectivity index (χ0) is 13.3. The van der Waals surface area contributed by atoms with Crippen LogP contribution in [0.3, 0.4) is 0 Å². The molecule has 0 bridgehead atoms. The van der Waals surface area contributed by atoms with Gasteiger partial charge in [-0.3, -0.25) is 0 Å². The Hall–Kier alpha value is -1.09. The van der Waals surface area contributed by atoms with E-state index >= 15 is 0 Å². The molecular weight excluding hydrogens is 231 g/mol. The molecule has 3 heteroatoms. The van der Waals surface area contributed by atoms with Gasteiger partial charge in [0.05, 0.1) is 12.7 Å². The molecule has 0 spiro atoms. The molecule has 1 aliphatic carbocycles. The fraction of sp³-hybridized carbons (Fsp3) is 0.600. The quantitative estimate of drug-likeness (QED) is 0.873. The predicted molar refractivity (Wildman–Crippen MR) is 69.0 cm³/mol. The zero-order valence-corrected chi connectivity index (χ0v) is 11.2. The standard InChI is InChI=1S/C15H21FO2/c1-10-5-4-8-15(17,11(10)2)13-9-12(16)6-7-14(13)18-3/h6-7,9-11,17H,4-5,8H2,1-3H3. The van der Waals surface area contributed by atoms with Crippen molar-refractivity contribution in [3.63, 3.8) is 0 Å². The van der Waals surface area contributed by atoms with Crippen LogP contribution in [0.4, 0.5) is 4.39 Å². The normalized spacial score (nSPS) is 32.3. The molecule has 1 N–H and O–H groups in total. The van der Waals surface area contributed by atoms with Crippen molar-refractivity contribution in [2.24, 2.45) is 11.8 Å². The third kappa shape index (κ3) is 2.12. The molecule has 1 aromatic rings. The lowest BCUT2D eigenvalue weighted by Gasteiger charge is -2.42. The summed E-state index contributed by atoms with van der Waals surface area (Å²) >= 11 is 0. The van der Waals surface area contributed by atoms with Crippen LogP contribution in [0.2, 0.25) is 0 Å². The summed E-state index contributed by atoms with van der Waals surface area (Å²) < 4.78 is 18.7. The topological polar surface area (TPSA) is 29.5 Å². The molecule has 1 fully saturated rings. The predicted octanol–water partition coefficient (Wildman–Crippen LogP) is 3.48. The Bertz CT molecular complexity index is 433. The third-order valence-electron chi connectivity index (χ3n) is 4.45. The van der Waals surface area contributed by atoms with Crippen molar-refractivity contribution in [1.29, 1.82) is 0 Å². The van der Waals surface area contributed by atoms with E-state index in [4.69, 9.17) is 4.74 Å². The maximum atomic E-state index is 13.5. The summed E-state index contributed by atoms with van der Waals surface area (Å²) in [6.45, 7) is 4.18. The molecule has 1 saturated carbocycles. The Labute approximate surface area is 108 Å². The zero-order valence-electron chi connectivity index (χ0n) is 11.2. The van der Waals surface area contributed by atoms with Crippen LogP contribution in [0.5, 0.6) is 5.75 Å². The minimum atomic E-state index is -0.981. The first kappa shape index (κ1) is 13.3. The van der Waals surface area contributed by atoms with E-state index in [0.717, 1.165) is 12.8 Å². The molecule has 1 aromatic carbocycles. The molecule has 18 heavy (non-hydrogen) atoms. The Morgan fingerprint density at radius 3 is 2.78 bits per heavy atom. The minimum absolute atomic E-state index is 0.0990. The second kappa shape index (κ2) is 4.88. The maximum absolute atomic E-state index is 13.5. The van der Waals surface area contributed by atoms with Crippen LogP contribution in [0.1, 0.15) is 38.7 Å². The second-order valence-electron chi connectivity index (χ2n) is 5.43. The van der Waals surface area contributed by atoms with Crippen molar-refractivity contribution < 1.29 is 14.2 Å². The molecule has 0 heterocycles. The van der Waals surface area contributed by atoms with Gasteiger partial charge in [-0.2, -0.15) is 0 Å². The van der Waals surface area contributed by atoms with Gasteiger partial charge in [0.2, 0.25) is 0 Å². The van der Waals surface area contributed by atoms with E-state index in [1.54, 1.807) is 13.2 Å². The van der Waals surface area contributed by atoms with Crippen LogP contribution in [-0.4, -0.2) is 12.2 Å². The van der Waals surface area contributed by atoms with Crippen LogP contribution < -0.4 is 4.74 Å². The molecule has 3 unspecified atom stereocenters. The first-order valence-electron chi connectivity index (χ1n) is 6.55. The summed E-state index contributed by atoms with van der Waals surface area (Å²) in [6.07, 6.45) is 2.74. The lowest BCUT2D eigenvalue weighted by molar-refractivity contribution is -0.0703. The van der Waals surface area contributed by atoms with Gasteiger partial charge in [-0.15, -0.1) is 0 Å². The van der Waals surface area contributed by atoms with Crippen molar-refractivity contribution in [3.8, 4) is 5.75 Å². The minimum Gasteiger partial charge on any atom is -0.496 e. The fourth-order valence-corrected chi connectivity index (χ4v) is 3.04. The van der Waals surface area contributed by atoms with Gasteiger partial charge in [0, 0.05) is 5.56 Å². The van der Waals surface area contributed by atoms with Gasteiger partial charge in [-0.1, -0.05) is 20.3 Å². The highest BCUT2D eigenvalue weighted by Gasteiger charge is 2.43. The second-order valence-corrected chi connectivity index (χ2v) is 5.43. The number of halogens is 1. The van der Waals surface area contributed by atoms with Crippen LogP contribution >= 0.6 is 0 Å². The van der Waals surface area contributed by atoms with Gasteiger partial charge in [0.1, 0.15) is 11.6 Å². The average molecular weight is 252 g/mol. The molecule has 100 valence electrons. The molecular formula is C15H21FO2. The van der Waals surface area contributed by atoms with E-state index in [0.29, 0.717) is 23.7 Å². The van der Waals surface area contributed by atoms with Crippen molar-refractivity contribution in [2.45, 2.75) is 38.7 Å². The Morgan fingerprint density at radius 1 is 1.39 bits per heavy atom. The summed E-state index contributed by atoms with van der Waals surface area (Å²) in [5.74, 6) is 0.767. The van der Waals surface area contributed by atoms with Crippen LogP contribution in [0.25, 0.3) is 0 Å². The van der Waals surface area contributed by atoms with Gasteiger partial charge in [0.25, 0.3) is 0 Å². The van der Waals surface area contributed by atoms with Gasteiger partial charge >= 0.3 is 0 Å². The summed E-state index contributed by atoms with van der Waals surface area (Å²) in [5, 5.41) is 11.0. The number of benzene rings is 1. The molecule has 3 atom stereocenters.